The van der Waals surface area contributed by atoms with Crippen LogP contribution in [0.2, 0.25) is 0 Å². The van der Waals surface area contributed by atoms with E-state index in [2.05, 4.69) is 10.1 Å². The van der Waals surface area contributed by atoms with Crippen LogP contribution < -0.4 is 10.5 Å². The zero-order chi connectivity index (χ0) is 23.0. The highest BCUT2D eigenvalue weighted by atomic mass is 19.3. The van der Waals surface area contributed by atoms with Crippen molar-refractivity contribution in [1.82, 2.24) is 24.5 Å². The number of likely N-dealkylation sites (tertiary alicyclic amines) is 1. The molecule has 6 rings (SSSR count). The van der Waals surface area contributed by atoms with Gasteiger partial charge in [0, 0.05) is 23.8 Å². The third kappa shape index (κ3) is 3.56. The Labute approximate surface area is 186 Å². The van der Waals surface area contributed by atoms with Crippen LogP contribution in [-0.2, 0) is 6.42 Å². The van der Waals surface area contributed by atoms with Gasteiger partial charge in [0.25, 0.3) is 5.92 Å². The van der Waals surface area contributed by atoms with Gasteiger partial charge in [-0.2, -0.15) is 13.3 Å². The van der Waals surface area contributed by atoms with Gasteiger partial charge in [0.1, 0.15) is 5.52 Å². The maximum Gasteiger partial charge on any atom is 0.398 e. The number of alkyl halides is 4. The normalized spacial score (nSPS) is 27.0. The van der Waals surface area contributed by atoms with Crippen molar-refractivity contribution in [3.63, 3.8) is 0 Å². The maximum absolute atomic E-state index is 13.9. The summed E-state index contributed by atoms with van der Waals surface area (Å²) in [4.78, 5) is 10.9. The molecule has 33 heavy (non-hydrogen) atoms. The van der Waals surface area contributed by atoms with E-state index in [-0.39, 0.29) is 55.0 Å². The number of piperidine rings is 1. The molecular weight excluding hydrogens is 440 g/mol. The number of nitrogens with zero attached hydrogens (tertiary/aromatic N) is 5. The Balaban J connectivity index is 1.34. The molecule has 1 aromatic carbocycles. The molecule has 0 radical (unpaired) electrons. The predicted molar refractivity (Wildman–Crippen MR) is 113 cm³/mol. The Morgan fingerprint density at radius 3 is 2.76 bits per heavy atom. The average Bonchev–Trinajstić information content (AvgIpc) is 3.41. The average molecular weight is 464 g/mol. The van der Waals surface area contributed by atoms with Gasteiger partial charge in [-0.25, -0.2) is 18.7 Å². The van der Waals surface area contributed by atoms with Crippen LogP contribution >= 0.6 is 0 Å². The Hall–Kier alpha value is -2.69. The molecule has 2 atom stereocenters. The molecule has 0 spiro atoms. The highest BCUT2D eigenvalue weighted by Crippen LogP contribution is 2.42. The van der Waals surface area contributed by atoms with Crippen molar-refractivity contribution < 1.29 is 22.3 Å². The monoisotopic (exact) mass is 464 g/mol. The molecule has 3 aliphatic rings. The van der Waals surface area contributed by atoms with E-state index in [1.165, 1.54) is 4.52 Å². The first-order valence-electron chi connectivity index (χ1n) is 11.4. The molecule has 11 heteroatoms. The van der Waals surface area contributed by atoms with Crippen LogP contribution in [0.15, 0.2) is 12.1 Å². The number of ether oxygens (including phenoxy) is 1. The van der Waals surface area contributed by atoms with Gasteiger partial charge in [-0.15, -0.1) is 5.10 Å². The molecule has 3 aromatic rings. The fourth-order valence-corrected chi connectivity index (χ4v) is 5.52. The Bertz CT molecular complexity index is 1240. The molecule has 2 aliphatic heterocycles. The van der Waals surface area contributed by atoms with E-state index < -0.39 is 12.0 Å². The zero-order valence-corrected chi connectivity index (χ0v) is 17.9. The third-order valence-electron chi connectivity index (χ3n) is 7.17. The number of aryl methyl sites for hydroxylation is 1. The van der Waals surface area contributed by atoms with Crippen LogP contribution in [0, 0.1) is 0 Å². The number of nitrogen functional groups attached to an aromatic ring is 1. The van der Waals surface area contributed by atoms with Crippen molar-refractivity contribution in [2.75, 3.05) is 18.8 Å². The minimum atomic E-state index is -3.26. The zero-order valence-electron chi connectivity index (χ0n) is 17.9. The van der Waals surface area contributed by atoms with E-state index in [1.54, 1.807) is 12.1 Å². The summed E-state index contributed by atoms with van der Waals surface area (Å²) in [6.45, 7) is 0.489. The van der Waals surface area contributed by atoms with Gasteiger partial charge >= 0.3 is 6.11 Å². The molecule has 0 unspecified atom stereocenters. The largest absolute Gasteiger partial charge is 0.430 e. The summed E-state index contributed by atoms with van der Waals surface area (Å²) >= 11 is 0. The van der Waals surface area contributed by atoms with Crippen LogP contribution in [0.4, 0.5) is 23.5 Å². The quantitative estimate of drug-likeness (QED) is 0.574. The Kier molecular flexibility index (Phi) is 4.53. The van der Waals surface area contributed by atoms with E-state index in [0.717, 1.165) is 12.8 Å². The number of nitrogens with two attached hydrogens (primary N) is 1. The van der Waals surface area contributed by atoms with Gasteiger partial charge in [-0.1, -0.05) is 6.07 Å². The predicted octanol–water partition coefficient (Wildman–Crippen LogP) is 4.14. The Morgan fingerprint density at radius 2 is 1.94 bits per heavy atom. The number of fused-ring (bicyclic) bond motifs is 5. The van der Waals surface area contributed by atoms with Crippen LogP contribution in [0.5, 0.6) is 5.75 Å². The molecule has 1 aliphatic carbocycles. The van der Waals surface area contributed by atoms with Crippen molar-refractivity contribution >= 4 is 22.5 Å². The second kappa shape index (κ2) is 7.15. The third-order valence-corrected chi connectivity index (χ3v) is 7.17. The van der Waals surface area contributed by atoms with Gasteiger partial charge in [-0.05, 0) is 50.3 Å². The SMILES string of the molecule is Nc1nc2c3c(ccc2c2nc([C@H]4CC[C@@H](N5CCCC(F)(F)C5)C4)nn12)CCC(F)(F)O3. The fourth-order valence-electron chi connectivity index (χ4n) is 5.52. The number of halogens is 4. The summed E-state index contributed by atoms with van der Waals surface area (Å²) in [5.41, 5.74) is 7.46. The number of anilines is 1. The molecule has 1 saturated heterocycles. The lowest BCUT2D eigenvalue weighted by molar-refractivity contribution is -0.186. The topological polar surface area (TPSA) is 81.6 Å². The van der Waals surface area contributed by atoms with Crippen molar-refractivity contribution in [2.24, 2.45) is 0 Å². The van der Waals surface area contributed by atoms with E-state index in [0.29, 0.717) is 41.8 Å². The van der Waals surface area contributed by atoms with Crippen molar-refractivity contribution in [2.45, 2.75) is 68.9 Å². The molecule has 0 bridgehead atoms. The molecule has 2 fully saturated rings. The van der Waals surface area contributed by atoms with E-state index in [9.17, 15) is 17.6 Å². The summed E-state index contributed by atoms with van der Waals surface area (Å²) in [5.74, 6) is -1.97. The first kappa shape index (κ1) is 20.9. The molecule has 4 heterocycles. The lowest BCUT2D eigenvalue weighted by Gasteiger charge is -2.36. The van der Waals surface area contributed by atoms with Crippen LogP contribution in [0.3, 0.4) is 0 Å². The minimum Gasteiger partial charge on any atom is -0.430 e. The van der Waals surface area contributed by atoms with Gasteiger partial charge < -0.3 is 10.5 Å². The number of benzene rings is 1. The van der Waals surface area contributed by atoms with Gasteiger partial charge in [0.15, 0.2) is 17.2 Å². The summed E-state index contributed by atoms with van der Waals surface area (Å²) in [6.07, 6.45) is -0.713. The smallest absolute Gasteiger partial charge is 0.398 e. The highest BCUT2D eigenvalue weighted by Gasteiger charge is 2.41. The van der Waals surface area contributed by atoms with Crippen molar-refractivity contribution in [3.05, 3.63) is 23.5 Å². The molecule has 2 N–H and O–H groups in total. The van der Waals surface area contributed by atoms with E-state index >= 15 is 0 Å². The molecule has 176 valence electrons. The summed E-state index contributed by atoms with van der Waals surface area (Å²) in [5, 5.41) is 5.09. The van der Waals surface area contributed by atoms with Crippen LogP contribution in [0.1, 0.15) is 55.8 Å². The Morgan fingerprint density at radius 1 is 1.09 bits per heavy atom. The van der Waals surface area contributed by atoms with Gasteiger partial charge in [0.05, 0.1) is 13.0 Å². The van der Waals surface area contributed by atoms with Crippen molar-refractivity contribution in [1.29, 1.82) is 0 Å². The van der Waals surface area contributed by atoms with Gasteiger partial charge in [-0.3, -0.25) is 4.90 Å². The number of rotatable bonds is 2. The number of hydrogen-bond donors (Lipinski definition) is 1. The molecule has 2 aromatic heterocycles. The maximum atomic E-state index is 13.9. The summed E-state index contributed by atoms with van der Waals surface area (Å²) in [7, 11) is 0. The van der Waals surface area contributed by atoms with Crippen molar-refractivity contribution in [3.8, 4) is 5.75 Å². The molecule has 1 saturated carbocycles. The fraction of sp³-hybridized carbons (Fsp3) is 0.591. The summed E-state index contributed by atoms with van der Waals surface area (Å²) < 4.78 is 62.0. The number of hydrogen-bond acceptors (Lipinski definition) is 6. The highest BCUT2D eigenvalue weighted by molar-refractivity contribution is 5.96. The van der Waals surface area contributed by atoms with E-state index in [1.807, 2.05) is 4.90 Å². The molecule has 7 nitrogen and oxygen atoms in total. The molecule has 0 amide bonds. The first-order valence-corrected chi connectivity index (χ1v) is 11.4. The summed E-state index contributed by atoms with van der Waals surface area (Å²) in [6, 6.07) is 3.61. The second-order valence-corrected chi connectivity index (χ2v) is 9.46. The lowest BCUT2D eigenvalue weighted by Crippen LogP contribution is -2.46. The van der Waals surface area contributed by atoms with Crippen LogP contribution in [0.25, 0.3) is 16.6 Å². The lowest BCUT2D eigenvalue weighted by atomic mass is 10.0. The second-order valence-electron chi connectivity index (χ2n) is 9.46. The standard InChI is InChI=1S/C22H24F4N6O/c23-21(24)7-1-9-31(11-21)14-4-2-13(10-14)18-29-19-15-5-3-12-6-8-22(25,26)33-17(12)16(15)28-20(27)32(19)30-18/h3,5,13-14H,1-2,4,6-11H2,(H2,27,28)/t13-,14+/m0/s1. The van der Waals surface area contributed by atoms with Gasteiger partial charge in [0.2, 0.25) is 5.95 Å². The van der Waals surface area contributed by atoms with Crippen LogP contribution in [-0.4, -0.2) is 55.6 Å². The first-order chi connectivity index (χ1) is 15.7. The number of aromatic nitrogens is 4. The van der Waals surface area contributed by atoms with E-state index in [4.69, 9.17) is 15.5 Å². The molecular formula is C22H24F4N6O. The minimum absolute atomic E-state index is 0.0121.